The number of H-pyrrole nitrogens is 1. The van der Waals surface area contributed by atoms with Crippen LogP contribution in [0.2, 0.25) is 0 Å². The average Bonchev–Trinajstić information content (AvgIpc) is 2.68. The summed E-state index contributed by atoms with van der Waals surface area (Å²) < 4.78 is 38.9. The number of hydrogen-bond acceptors (Lipinski definition) is 7. The van der Waals surface area contributed by atoms with E-state index in [1.54, 1.807) is 0 Å². The van der Waals surface area contributed by atoms with Gasteiger partial charge in [-0.15, -0.1) is 0 Å². The zero-order valence-electron chi connectivity index (χ0n) is 9.84. The second-order valence-corrected chi connectivity index (χ2v) is 4.24. The molecule has 1 aromatic heterocycles. The minimum absolute atomic E-state index is 0.493. The van der Waals surface area contributed by atoms with Crippen molar-refractivity contribution in [3.63, 3.8) is 0 Å². The molecule has 11 heteroatoms. The fourth-order valence-corrected chi connectivity index (χ4v) is 1.82. The van der Waals surface area contributed by atoms with Gasteiger partial charge in [0.05, 0.1) is 0 Å². The van der Waals surface area contributed by atoms with Crippen LogP contribution in [0.25, 0.3) is 0 Å². The van der Waals surface area contributed by atoms with Gasteiger partial charge in [0.15, 0.2) is 25.5 Å². The Kier molecular flexibility index (Phi) is 4.73. The van der Waals surface area contributed by atoms with E-state index in [9.17, 15) is 23.7 Å². The summed E-state index contributed by atoms with van der Waals surface area (Å²) in [7, 11) is -0.642. The van der Waals surface area contributed by atoms with E-state index in [-0.39, 0.29) is 0 Å². The number of hydrogen-bond donors (Lipinski definition) is 2. The monoisotopic (exact) mass is 308 g/mol. The summed E-state index contributed by atoms with van der Waals surface area (Å²) in [5, 5.41) is 9.59. The molecule has 110 valence electrons. The Morgan fingerprint density at radius 1 is 1.55 bits per heavy atom. The first-order chi connectivity index (χ1) is 9.54. The number of halogens is 1. The van der Waals surface area contributed by atoms with Crippen LogP contribution in [0.15, 0.2) is 21.9 Å². The zero-order valence-corrected chi connectivity index (χ0v) is 10.7. The van der Waals surface area contributed by atoms with Crippen molar-refractivity contribution in [2.24, 2.45) is 0 Å². The predicted octanol–water partition coefficient (Wildman–Crippen LogP) is -0.712. The summed E-state index contributed by atoms with van der Waals surface area (Å²) in [5.74, 6) is 0. The average molecular weight is 308 g/mol. The molecule has 1 fully saturated rings. The van der Waals surface area contributed by atoms with Gasteiger partial charge in [-0.1, -0.05) is 0 Å². The maximum Gasteiger partial charge on any atom is 0.330 e. The molecule has 0 radical (unpaired) electrons. The molecule has 1 aliphatic rings. The molecule has 0 aliphatic carbocycles. The highest BCUT2D eigenvalue weighted by atomic mass is 31.1. The number of nitrogens with one attached hydrogen (secondary N) is 1. The molecule has 1 saturated heterocycles. The molecular formula is C9H10FN2O7P. The Hall–Kier alpha value is -1.45. The molecule has 1 aromatic rings. The highest BCUT2D eigenvalue weighted by Gasteiger charge is 2.46. The summed E-state index contributed by atoms with van der Waals surface area (Å²) >= 11 is 0. The molecule has 0 amide bonds. The van der Waals surface area contributed by atoms with Gasteiger partial charge in [0.25, 0.3) is 5.56 Å². The lowest BCUT2D eigenvalue weighted by Gasteiger charge is -2.15. The molecule has 0 saturated carbocycles. The van der Waals surface area contributed by atoms with Crippen LogP contribution >= 0.6 is 8.69 Å². The van der Waals surface area contributed by atoms with Crippen molar-refractivity contribution in [3.05, 3.63) is 33.1 Å². The molecule has 0 spiro atoms. The number of nitrogens with zero attached hydrogens (tertiary/aromatic N) is 1. The normalized spacial score (nSPS) is 29.9. The van der Waals surface area contributed by atoms with Crippen molar-refractivity contribution in [2.45, 2.75) is 24.8 Å². The minimum Gasteiger partial charge on any atom is -0.385 e. The molecule has 2 heterocycles. The van der Waals surface area contributed by atoms with E-state index < -0.39 is 51.5 Å². The van der Waals surface area contributed by atoms with E-state index >= 15 is 0 Å². The van der Waals surface area contributed by atoms with E-state index in [0.29, 0.717) is 0 Å². The molecule has 1 aliphatic heterocycles. The van der Waals surface area contributed by atoms with Gasteiger partial charge in [-0.25, -0.2) is 13.8 Å². The van der Waals surface area contributed by atoms with Crippen molar-refractivity contribution in [3.8, 4) is 0 Å². The Balaban J connectivity index is 2.15. The third-order valence-corrected chi connectivity index (χ3v) is 2.82. The topological polar surface area (TPSA) is 120 Å². The van der Waals surface area contributed by atoms with Crippen LogP contribution in [0, 0.1) is 0 Å². The lowest BCUT2D eigenvalue weighted by atomic mass is 10.2. The molecule has 2 N–H and O–H groups in total. The second kappa shape index (κ2) is 6.33. The Labute approximate surface area is 112 Å². The Bertz CT molecular complexity index is 590. The summed E-state index contributed by atoms with van der Waals surface area (Å²) in [6, 6.07) is 1.01. The van der Waals surface area contributed by atoms with Crippen molar-refractivity contribution in [1.82, 2.24) is 9.55 Å². The van der Waals surface area contributed by atoms with Gasteiger partial charge in [0.1, 0.15) is 6.10 Å². The molecule has 9 nitrogen and oxygen atoms in total. The third-order valence-electron chi connectivity index (χ3n) is 2.61. The van der Waals surface area contributed by atoms with Gasteiger partial charge in [-0.3, -0.25) is 18.9 Å². The summed E-state index contributed by atoms with van der Waals surface area (Å²) in [5.41, 5.74) is -1.52. The Morgan fingerprint density at radius 3 is 2.95 bits per heavy atom. The van der Waals surface area contributed by atoms with E-state index in [1.807, 2.05) is 4.98 Å². The van der Waals surface area contributed by atoms with Gasteiger partial charge in [0.2, 0.25) is 0 Å². The van der Waals surface area contributed by atoms with Crippen LogP contribution in [0.3, 0.4) is 0 Å². The van der Waals surface area contributed by atoms with Crippen LogP contribution in [0.5, 0.6) is 0 Å². The highest BCUT2D eigenvalue weighted by molar-refractivity contribution is 7.17. The second-order valence-electron chi connectivity index (χ2n) is 3.84. The van der Waals surface area contributed by atoms with Crippen LogP contribution in [-0.2, 0) is 18.6 Å². The van der Waals surface area contributed by atoms with Crippen molar-refractivity contribution in [2.75, 3.05) is 6.79 Å². The van der Waals surface area contributed by atoms with Crippen molar-refractivity contribution < 1.29 is 28.1 Å². The fourth-order valence-electron chi connectivity index (χ4n) is 1.72. The lowest BCUT2D eigenvalue weighted by Crippen LogP contribution is -2.35. The predicted molar refractivity (Wildman–Crippen MR) is 60.8 cm³/mol. The van der Waals surface area contributed by atoms with E-state index in [2.05, 4.69) is 4.52 Å². The first-order valence-corrected chi connectivity index (χ1v) is 6.13. The zero-order chi connectivity index (χ0) is 14.7. The van der Waals surface area contributed by atoms with E-state index in [1.165, 1.54) is 0 Å². The number of aliphatic hydroxyl groups excluding tert-OH is 1. The van der Waals surface area contributed by atoms with Crippen LogP contribution < -0.4 is 11.2 Å². The summed E-state index contributed by atoms with van der Waals surface area (Å²) in [6.45, 7) is -0.493. The molecular weight excluding hydrogens is 298 g/mol. The fraction of sp³-hybridized carbons (Fsp3) is 0.556. The largest absolute Gasteiger partial charge is 0.385 e. The number of aromatic amines is 1. The number of aromatic nitrogens is 2. The van der Waals surface area contributed by atoms with Crippen molar-refractivity contribution >= 4 is 8.69 Å². The van der Waals surface area contributed by atoms with Gasteiger partial charge >= 0.3 is 14.4 Å². The number of rotatable bonds is 5. The summed E-state index contributed by atoms with van der Waals surface area (Å²) in [6.07, 6.45) is -5.42. The van der Waals surface area contributed by atoms with E-state index in [4.69, 9.17) is 9.47 Å². The SMILES string of the molecule is O=POCO[C@H]1O[C@@H](n2ccc(=O)[nH]c2=O)[C@@H](F)C1O. The van der Waals surface area contributed by atoms with Crippen molar-refractivity contribution in [1.29, 1.82) is 0 Å². The van der Waals surface area contributed by atoms with Crippen LogP contribution in [-0.4, -0.2) is 40.0 Å². The Morgan fingerprint density at radius 2 is 2.30 bits per heavy atom. The van der Waals surface area contributed by atoms with Gasteiger partial charge in [-0.05, 0) is 0 Å². The lowest BCUT2D eigenvalue weighted by molar-refractivity contribution is -0.201. The number of aliphatic hydroxyl groups is 1. The first-order valence-electron chi connectivity index (χ1n) is 5.40. The van der Waals surface area contributed by atoms with Crippen LogP contribution in [0.1, 0.15) is 6.23 Å². The molecule has 20 heavy (non-hydrogen) atoms. The standard InChI is InChI=1S/C9H10FN2O7P/c10-5-6(14)8(17-3-18-20-16)19-7(5)12-2-1-4(13)11-9(12)15/h1-2,5-8,14H,3H2,(H,11,13,15)/t5-,6?,7+,8-/m0/s1. The van der Waals surface area contributed by atoms with Gasteiger partial charge in [-0.2, -0.15) is 0 Å². The smallest absolute Gasteiger partial charge is 0.330 e. The molecule has 1 unspecified atom stereocenters. The maximum absolute atomic E-state index is 13.9. The number of ether oxygens (including phenoxy) is 2. The number of alkyl halides is 1. The molecule has 0 bridgehead atoms. The third kappa shape index (κ3) is 3.00. The highest BCUT2D eigenvalue weighted by Crippen LogP contribution is 2.31. The summed E-state index contributed by atoms with van der Waals surface area (Å²) in [4.78, 5) is 24.4. The maximum atomic E-state index is 13.9. The first kappa shape index (κ1) is 14.9. The van der Waals surface area contributed by atoms with Gasteiger partial charge < -0.3 is 14.6 Å². The quantitative estimate of drug-likeness (QED) is 0.419. The van der Waals surface area contributed by atoms with E-state index in [0.717, 1.165) is 16.8 Å². The van der Waals surface area contributed by atoms with Gasteiger partial charge in [0, 0.05) is 12.3 Å². The van der Waals surface area contributed by atoms with Crippen LogP contribution in [0.4, 0.5) is 4.39 Å². The molecule has 4 atom stereocenters. The molecule has 2 rings (SSSR count). The minimum atomic E-state index is -1.95. The molecule has 0 aromatic carbocycles.